The molecule has 1 amide bonds. The van der Waals surface area contributed by atoms with Crippen molar-refractivity contribution in [3.63, 3.8) is 0 Å². The third kappa shape index (κ3) is 4.20. The van der Waals surface area contributed by atoms with E-state index >= 15 is 0 Å². The molecular weight excluding hydrogens is 389 g/mol. The molecule has 0 spiro atoms. The van der Waals surface area contributed by atoms with Crippen LogP contribution in [0.1, 0.15) is 11.1 Å². The van der Waals surface area contributed by atoms with Gasteiger partial charge in [-0.25, -0.2) is 4.99 Å². The first-order chi connectivity index (χ1) is 12.2. The van der Waals surface area contributed by atoms with E-state index in [1.807, 2.05) is 0 Å². The average molecular weight is 399 g/mol. The molecule has 4 nitrogen and oxygen atoms in total. The highest BCUT2D eigenvalue weighted by atomic mass is 35.5. The van der Waals surface area contributed by atoms with Gasteiger partial charge in [0.1, 0.15) is 5.75 Å². The molecule has 0 unspecified atom stereocenters. The number of benzene rings is 2. The Labute approximate surface area is 155 Å². The summed E-state index contributed by atoms with van der Waals surface area (Å²) >= 11 is 6.89. The fourth-order valence-electron chi connectivity index (χ4n) is 2.09. The van der Waals surface area contributed by atoms with Crippen molar-refractivity contribution < 1.29 is 23.1 Å². The van der Waals surface area contributed by atoms with Crippen LogP contribution < -0.4 is 5.32 Å². The van der Waals surface area contributed by atoms with Crippen LogP contribution in [0.25, 0.3) is 6.08 Å². The van der Waals surface area contributed by atoms with Crippen molar-refractivity contribution in [2.45, 2.75) is 6.18 Å². The summed E-state index contributed by atoms with van der Waals surface area (Å²) in [7, 11) is 0. The van der Waals surface area contributed by atoms with Gasteiger partial charge in [0, 0.05) is 0 Å². The summed E-state index contributed by atoms with van der Waals surface area (Å²) in [5.74, 6) is -0.331. The van der Waals surface area contributed by atoms with Gasteiger partial charge in [-0.15, -0.1) is 0 Å². The van der Waals surface area contributed by atoms with E-state index in [4.69, 9.17) is 11.6 Å². The molecule has 2 N–H and O–H groups in total. The summed E-state index contributed by atoms with van der Waals surface area (Å²) in [5.41, 5.74) is -0.288. The third-order valence-electron chi connectivity index (χ3n) is 3.34. The zero-order valence-electron chi connectivity index (χ0n) is 12.8. The second-order valence-electron chi connectivity index (χ2n) is 5.24. The number of nitrogens with one attached hydrogen (secondary N) is 1. The Hall–Kier alpha value is -2.45. The molecule has 3 rings (SSSR count). The number of rotatable bonds is 2. The zero-order chi connectivity index (χ0) is 18.9. The lowest BCUT2D eigenvalue weighted by molar-refractivity contribution is -0.137. The molecule has 1 heterocycles. The first-order valence-electron chi connectivity index (χ1n) is 7.18. The monoisotopic (exact) mass is 398 g/mol. The fourth-order valence-corrected chi connectivity index (χ4v) is 3.08. The number of amides is 1. The smallest absolute Gasteiger partial charge is 0.416 e. The maximum absolute atomic E-state index is 12.8. The summed E-state index contributed by atoms with van der Waals surface area (Å²) in [5, 5.41) is 11.9. The number of phenolic OH excluding ortho intramolecular Hbond substituents is 1. The van der Waals surface area contributed by atoms with Crippen LogP contribution in [0, 0.1) is 0 Å². The van der Waals surface area contributed by atoms with Gasteiger partial charge in [-0.2, -0.15) is 13.2 Å². The number of halogens is 4. The summed E-state index contributed by atoms with van der Waals surface area (Å²) in [6, 6.07) is 8.98. The number of aromatic hydroxyl groups is 1. The fraction of sp³-hybridized carbons (Fsp3) is 0.0588. The Kier molecular flexibility index (Phi) is 4.97. The minimum atomic E-state index is -4.52. The molecule has 1 aliphatic rings. The molecular formula is C17H10ClF3N2O2S. The highest BCUT2D eigenvalue weighted by Gasteiger charge is 2.31. The predicted molar refractivity (Wildman–Crippen MR) is 95.4 cm³/mol. The Balaban J connectivity index is 1.88. The van der Waals surface area contributed by atoms with Crippen molar-refractivity contribution >= 4 is 46.2 Å². The molecule has 2 aromatic carbocycles. The number of hydrogen-bond donors (Lipinski definition) is 2. The largest absolute Gasteiger partial charge is 0.508 e. The Bertz CT molecular complexity index is 925. The molecule has 0 radical (unpaired) electrons. The van der Waals surface area contributed by atoms with Crippen molar-refractivity contribution in [2.24, 2.45) is 4.99 Å². The van der Waals surface area contributed by atoms with Gasteiger partial charge in [-0.1, -0.05) is 23.7 Å². The topological polar surface area (TPSA) is 61.7 Å². The van der Waals surface area contributed by atoms with E-state index in [0.717, 1.165) is 30.0 Å². The summed E-state index contributed by atoms with van der Waals surface area (Å²) in [4.78, 5) is 16.4. The van der Waals surface area contributed by atoms with Gasteiger partial charge in [0.15, 0.2) is 5.17 Å². The van der Waals surface area contributed by atoms with E-state index in [1.54, 1.807) is 18.2 Å². The lowest BCUT2D eigenvalue weighted by Crippen LogP contribution is -2.19. The van der Waals surface area contributed by atoms with Crippen LogP contribution in [0.5, 0.6) is 5.75 Å². The van der Waals surface area contributed by atoms with Gasteiger partial charge < -0.3 is 10.4 Å². The number of carbonyl (C=O) groups is 1. The van der Waals surface area contributed by atoms with Crippen LogP contribution in [0.3, 0.4) is 0 Å². The number of nitrogens with zero attached hydrogens (tertiary/aromatic N) is 1. The predicted octanol–water partition coefficient (Wildman–Crippen LogP) is 4.96. The van der Waals surface area contributed by atoms with Crippen LogP contribution in [0.4, 0.5) is 18.9 Å². The van der Waals surface area contributed by atoms with Crippen LogP contribution in [-0.2, 0) is 11.0 Å². The molecule has 0 atom stereocenters. The Morgan fingerprint density at radius 2 is 1.85 bits per heavy atom. The highest BCUT2D eigenvalue weighted by molar-refractivity contribution is 8.18. The van der Waals surface area contributed by atoms with Crippen molar-refractivity contribution in [1.29, 1.82) is 0 Å². The summed E-state index contributed by atoms with van der Waals surface area (Å²) in [6.45, 7) is 0. The molecule has 2 aromatic rings. The van der Waals surface area contributed by atoms with E-state index in [1.165, 1.54) is 12.1 Å². The molecule has 26 heavy (non-hydrogen) atoms. The number of carbonyl (C=O) groups excluding carboxylic acids is 1. The number of phenols is 1. The third-order valence-corrected chi connectivity index (χ3v) is 4.57. The van der Waals surface area contributed by atoms with E-state index in [-0.39, 0.29) is 21.6 Å². The van der Waals surface area contributed by atoms with Crippen molar-refractivity contribution in [3.8, 4) is 5.75 Å². The maximum atomic E-state index is 12.8. The lowest BCUT2D eigenvalue weighted by atomic mass is 10.2. The minimum Gasteiger partial charge on any atom is -0.508 e. The quantitative estimate of drug-likeness (QED) is 0.703. The van der Waals surface area contributed by atoms with Crippen molar-refractivity contribution in [1.82, 2.24) is 5.32 Å². The van der Waals surface area contributed by atoms with Crippen LogP contribution in [0.2, 0.25) is 5.02 Å². The van der Waals surface area contributed by atoms with Gasteiger partial charge in [0.2, 0.25) is 0 Å². The SMILES string of the molecule is O=C1NC(=Nc2cc(C(F)(F)F)ccc2Cl)SC1=Cc1ccc(O)cc1. The molecule has 0 aromatic heterocycles. The van der Waals surface area contributed by atoms with E-state index < -0.39 is 17.6 Å². The molecule has 1 saturated heterocycles. The van der Waals surface area contributed by atoms with Crippen LogP contribution >= 0.6 is 23.4 Å². The van der Waals surface area contributed by atoms with Crippen molar-refractivity contribution in [2.75, 3.05) is 0 Å². The molecule has 0 bridgehead atoms. The van der Waals surface area contributed by atoms with Gasteiger partial charge in [0.25, 0.3) is 5.91 Å². The molecule has 1 fully saturated rings. The first kappa shape index (κ1) is 18.3. The normalized spacial score (nSPS) is 17.8. The molecule has 134 valence electrons. The molecule has 1 aliphatic heterocycles. The summed E-state index contributed by atoms with van der Waals surface area (Å²) < 4.78 is 38.4. The second-order valence-corrected chi connectivity index (χ2v) is 6.68. The average Bonchev–Trinajstić information content (AvgIpc) is 2.90. The number of alkyl halides is 3. The molecule has 0 aliphatic carbocycles. The lowest BCUT2D eigenvalue weighted by Gasteiger charge is -2.08. The number of amidine groups is 1. The standard InChI is InChI=1S/C17H10ClF3N2O2S/c18-12-6-3-10(17(19,20)21)8-13(12)22-16-23-15(25)14(26-16)7-9-1-4-11(24)5-2-9/h1-8,24H,(H,22,23,25). The van der Waals surface area contributed by atoms with Crippen LogP contribution in [-0.4, -0.2) is 16.2 Å². The molecule has 0 saturated carbocycles. The molecule has 9 heteroatoms. The van der Waals surface area contributed by atoms with Crippen molar-refractivity contribution in [3.05, 3.63) is 63.5 Å². The number of hydrogen-bond acceptors (Lipinski definition) is 4. The van der Waals surface area contributed by atoms with Gasteiger partial charge >= 0.3 is 6.18 Å². The Morgan fingerprint density at radius 3 is 2.50 bits per heavy atom. The van der Waals surface area contributed by atoms with E-state index in [2.05, 4.69) is 10.3 Å². The summed E-state index contributed by atoms with van der Waals surface area (Å²) in [6.07, 6.45) is -2.94. The number of thioether (sulfide) groups is 1. The van der Waals surface area contributed by atoms with Gasteiger partial charge in [0.05, 0.1) is 21.2 Å². The minimum absolute atomic E-state index is 0.0383. The zero-order valence-corrected chi connectivity index (χ0v) is 14.4. The van der Waals surface area contributed by atoms with E-state index in [0.29, 0.717) is 10.5 Å². The second kappa shape index (κ2) is 7.05. The first-order valence-corrected chi connectivity index (χ1v) is 8.37. The van der Waals surface area contributed by atoms with Gasteiger partial charge in [-0.05, 0) is 53.7 Å². The maximum Gasteiger partial charge on any atom is 0.416 e. The highest BCUT2D eigenvalue weighted by Crippen LogP contribution is 2.36. The van der Waals surface area contributed by atoms with Crippen LogP contribution in [0.15, 0.2) is 52.4 Å². The number of aliphatic imine (C=N–C) groups is 1. The van der Waals surface area contributed by atoms with E-state index in [9.17, 15) is 23.1 Å². The van der Waals surface area contributed by atoms with Gasteiger partial charge in [-0.3, -0.25) is 4.79 Å². The Morgan fingerprint density at radius 1 is 1.15 bits per heavy atom.